The second-order valence-corrected chi connectivity index (χ2v) is 7.53. The van der Waals surface area contributed by atoms with Crippen molar-refractivity contribution in [1.29, 1.82) is 0 Å². The number of anilines is 2. The van der Waals surface area contributed by atoms with Crippen molar-refractivity contribution in [3.8, 4) is 0 Å². The van der Waals surface area contributed by atoms with Crippen LogP contribution in [-0.4, -0.2) is 18.9 Å². The maximum atomic E-state index is 11.3. The van der Waals surface area contributed by atoms with E-state index in [4.69, 9.17) is 17.3 Å². The van der Waals surface area contributed by atoms with Crippen molar-refractivity contribution in [2.45, 2.75) is 20.4 Å². The fourth-order valence-electron chi connectivity index (χ4n) is 2.56. The smallest absolute Gasteiger partial charge is 0.221 e. The van der Waals surface area contributed by atoms with Gasteiger partial charge < -0.3 is 21.7 Å². The Kier molecular flexibility index (Phi) is 7.65. The normalized spacial score (nSPS) is 18.8. The first-order chi connectivity index (χ1) is 12.8. The zero-order valence-electron chi connectivity index (χ0n) is 15.4. The average Bonchev–Trinajstić information content (AvgIpc) is 2.56. The summed E-state index contributed by atoms with van der Waals surface area (Å²) in [7, 11) is 1.86. The Labute approximate surface area is 172 Å². The molecule has 8 heteroatoms. The molecule has 0 spiro atoms. The standard InChI is InChI=1S/C19H23BrClN5O/c1-11-14(6-15(20)7-18(11)21)10-24-19(22)26-17-5-13(9-23-3)4-16(8-17)25-12(2)27/h4-8,10-11,23H,9H2,1-3H3,(H,25,27)(H3,22,24,26)/b14-10-. The summed E-state index contributed by atoms with van der Waals surface area (Å²) in [6.45, 7) is 4.13. The number of nitrogens with two attached hydrogens (primary N) is 1. The minimum atomic E-state index is -0.137. The molecule has 144 valence electrons. The third kappa shape index (κ3) is 6.53. The van der Waals surface area contributed by atoms with E-state index >= 15 is 0 Å². The summed E-state index contributed by atoms with van der Waals surface area (Å²) in [6, 6.07) is 5.64. The number of guanidine groups is 1. The molecule has 27 heavy (non-hydrogen) atoms. The van der Waals surface area contributed by atoms with Crippen molar-refractivity contribution in [3.63, 3.8) is 0 Å². The molecule has 0 heterocycles. The molecule has 0 fully saturated rings. The Bertz CT molecular complexity index is 845. The van der Waals surface area contributed by atoms with Crippen LogP contribution in [0, 0.1) is 5.92 Å². The van der Waals surface area contributed by atoms with E-state index in [1.54, 1.807) is 12.3 Å². The molecule has 1 aliphatic carbocycles. The summed E-state index contributed by atoms with van der Waals surface area (Å²) >= 11 is 9.65. The van der Waals surface area contributed by atoms with Crippen LogP contribution in [0.1, 0.15) is 19.4 Å². The predicted octanol–water partition coefficient (Wildman–Crippen LogP) is 4.03. The fraction of sp³-hybridized carbons (Fsp3) is 0.263. The Balaban J connectivity index is 2.21. The summed E-state index contributed by atoms with van der Waals surface area (Å²) in [5, 5.41) is 9.66. The molecule has 5 N–H and O–H groups in total. The lowest BCUT2D eigenvalue weighted by Gasteiger charge is -2.16. The van der Waals surface area contributed by atoms with Crippen LogP contribution in [0.5, 0.6) is 0 Å². The van der Waals surface area contributed by atoms with E-state index < -0.39 is 0 Å². The van der Waals surface area contributed by atoms with Crippen molar-refractivity contribution < 1.29 is 4.79 Å². The molecule has 1 atom stereocenters. The summed E-state index contributed by atoms with van der Waals surface area (Å²) < 4.78 is 0.887. The highest BCUT2D eigenvalue weighted by atomic mass is 79.9. The van der Waals surface area contributed by atoms with Crippen molar-refractivity contribution in [3.05, 3.63) is 57.2 Å². The summed E-state index contributed by atoms with van der Waals surface area (Å²) in [5.74, 6) is 0.151. The van der Waals surface area contributed by atoms with Gasteiger partial charge in [-0.1, -0.05) is 34.5 Å². The molecule has 2 rings (SSSR count). The molecule has 1 aromatic carbocycles. The molecule has 1 unspecified atom stereocenters. The molecule has 1 aromatic rings. The van der Waals surface area contributed by atoms with Crippen molar-refractivity contribution in [2.24, 2.45) is 16.6 Å². The summed E-state index contributed by atoms with van der Waals surface area (Å²) in [6.07, 6.45) is 5.51. The van der Waals surface area contributed by atoms with Crippen LogP contribution in [0.25, 0.3) is 0 Å². The number of rotatable bonds is 5. The first-order valence-electron chi connectivity index (χ1n) is 8.39. The van der Waals surface area contributed by atoms with Gasteiger partial charge in [0.2, 0.25) is 5.91 Å². The SMILES string of the molecule is CNCc1cc(NC(C)=O)cc(NC(N)=N/C=C2/C=C(Br)C=C(Cl)C2C)c1. The van der Waals surface area contributed by atoms with E-state index in [9.17, 15) is 4.79 Å². The third-order valence-electron chi connectivity index (χ3n) is 3.81. The van der Waals surface area contributed by atoms with Crippen LogP contribution >= 0.6 is 27.5 Å². The van der Waals surface area contributed by atoms with Crippen molar-refractivity contribution in [1.82, 2.24) is 5.32 Å². The molecule has 0 bridgehead atoms. The van der Waals surface area contributed by atoms with Gasteiger partial charge in [-0.15, -0.1) is 0 Å². The van der Waals surface area contributed by atoms with Gasteiger partial charge in [-0.3, -0.25) is 4.79 Å². The van der Waals surface area contributed by atoms with E-state index in [-0.39, 0.29) is 17.8 Å². The maximum absolute atomic E-state index is 11.3. The molecule has 6 nitrogen and oxygen atoms in total. The Morgan fingerprint density at radius 1 is 1.30 bits per heavy atom. The van der Waals surface area contributed by atoms with Crippen LogP contribution in [-0.2, 0) is 11.3 Å². The molecule has 1 aliphatic rings. The molecule has 0 saturated carbocycles. The molecule has 1 amide bonds. The van der Waals surface area contributed by atoms with Crippen molar-refractivity contribution in [2.75, 3.05) is 17.7 Å². The van der Waals surface area contributed by atoms with Gasteiger partial charge in [0.05, 0.1) is 0 Å². The van der Waals surface area contributed by atoms with Gasteiger partial charge in [-0.25, -0.2) is 4.99 Å². The number of hydrogen-bond donors (Lipinski definition) is 4. The van der Waals surface area contributed by atoms with Crippen LogP contribution < -0.4 is 21.7 Å². The number of nitrogens with zero attached hydrogens (tertiary/aromatic N) is 1. The van der Waals surface area contributed by atoms with Gasteiger partial charge in [0.1, 0.15) is 0 Å². The van der Waals surface area contributed by atoms with Crippen LogP contribution in [0.3, 0.4) is 0 Å². The van der Waals surface area contributed by atoms with Crippen LogP contribution in [0.4, 0.5) is 11.4 Å². The Morgan fingerprint density at radius 3 is 2.59 bits per heavy atom. The largest absolute Gasteiger partial charge is 0.369 e. The molecule has 0 saturated heterocycles. The minimum absolute atomic E-state index is 0.0508. The zero-order chi connectivity index (χ0) is 20.0. The fourth-order valence-corrected chi connectivity index (χ4v) is 3.45. The number of aliphatic imine (C=N–C) groups is 1. The van der Waals surface area contributed by atoms with Gasteiger partial charge in [0, 0.05) is 46.5 Å². The topological polar surface area (TPSA) is 91.5 Å². The second-order valence-electron chi connectivity index (χ2n) is 6.18. The number of hydrogen-bond acceptors (Lipinski definition) is 3. The highest BCUT2D eigenvalue weighted by molar-refractivity contribution is 9.11. The second kappa shape index (κ2) is 9.73. The monoisotopic (exact) mass is 451 g/mol. The first kappa shape index (κ1) is 21.2. The number of carbonyl (C=O) groups excluding carboxylic acids is 1. The number of carbonyl (C=O) groups is 1. The number of amides is 1. The molecular formula is C19H23BrClN5O. The highest BCUT2D eigenvalue weighted by Crippen LogP contribution is 2.32. The molecule has 0 radical (unpaired) electrons. The van der Waals surface area contributed by atoms with Gasteiger partial charge in [-0.2, -0.15) is 0 Å². The highest BCUT2D eigenvalue weighted by Gasteiger charge is 2.15. The van der Waals surface area contributed by atoms with Crippen molar-refractivity contribution >= 4 is 50.8 Å². The number of allylic oxidation sites excluding steroid dienone is 5. The maximum Gasteiger partial charge on any atom is 0.221 e. The quantitative estimate of drug-likeness (QED) is 0.401. The lowest BCUT2D eigenvalue weighted by molar-refractivity contribution is -0.114. The third-order valence-corrected chi connectivity index (χ3v) is 4.71. The van der Waals surface area contributed by atoms with E-state index in [1.165, 1.54) is 6.92 Å². The predicted molar refractivity (Wildman–Crippen MR) is 117 cm³/mol. The van der Waals surface area contributed by atoms with E-state index in [1.807, 2.05) is 38.3 Å². The summed E-state index contributed by atoms with van der Waals surface area (Å²) in [5.41, 5.74) is 9.39. The lowest BCUT2D eigenvalue weighted by atomic mass is 9.97. The molecule has 0 aromatic heterocycles. The summed E-state index contributed by atoms with van der Waals surface area (Å²) in [4.78, 5) is 15.6. The van der Waals surface area contributed by atoms with Gasteiger partial charge in [0.15, 0.2) is 5.96 Å². The Morgan fingerprint density at radius 2 is 1.96 bits per heavy atom. The number of benzene rings is 1. The minimum Gasteiger partial charge on any atom is -0.369 e. The van der Waals surface area contributed by atoms with Gasteiger partial charge in [-0.05, 0) is 48.5 Å². The number of halogens is 2. The van der Waals surface area contributed by atoms with Gasteiger partial charge in [0.25, 0.3) is 0 Å². The average molecular weight is 453 g/mol. The zero-order valence-corrected chi connectivity index (χ0v) is 17.8. The first-order valence-corrected chi connectivity index (χ1v) is 9.56. The number of nitrogens with one attached hydrogen (secondary N) is 3. The molecule has 0 aliphatic heterocycles. The Hall–Kier alpha value is -2.09. The van der Waals surface area contributed by atoms with E-state index in [0.717, 1.165) is 26.3 Å². The van der Waals surface area contributed by atoms with Gasteiger partial charge >= 0.3 is 0 Å². The van der Waals surface area contributed by atoms with E-state index in [0.29, 0.717) is 12.2 Å². The van der Waals surface area contributed by atoms with E-state index in [2.05, 4.69) is 36.9 Å². The lowest BCUT2D eigenvalue weighted by Crippen LogP contribution is -2.22. The van der Waals surface area contributed by atoms with Crippen LogP contribution in [0.2, 0.25) is 0 Å². The van der Waals surface area contributed by atoms with Crippen LogP contribution in [0.15, 0.2) is 56.6 Å². The molecular weight excluding hydrogens is 430 g/mol.